The van der Waals surface area contributed by atoms with Crippen LogP contribution in [-0.2, 0) is 4.79 Å². The highest BCUT2D eigenvalue weighted by molar-refractivity contribution is 5.97. The minimum Gasteiger partial charge on any atom is -0.481 e. The Morgan fingerprint density at radius 3 is 2.52 bits per heavy atom. The highest BCUT2D eigenvalue weighted by Gasteiger charge is 2.31. The lowest BCUT2D eigenvalue weighted by Crippen LogP contribution is -2.40. The van der Waals surface area contributed by atoms with Crippen molar-refractivity contribution in [2.45, 2.75) is 20.3 Å². The molecule has 2 aromatic rings. The van der Waals surface area contributed by atoms with E-state index >= 15 is 0 Å². The van der Waals surface area contributed by atoms with Crippen LogP contribution in [0.4, 0.5) is 0 Å². The van der Waals surface area contributed by atoms with Gasteiger partial charge in [0, 0.05) is 24.5 Å². The van der Waals surface area contributed by atoms with E-state index in [0.717, 1.165) is 0 Å². The van der Waals surface area contributed by atoms with Crippen LogP contribution in [0.1, 0.15) is 30.6 Å². The minimum atomic E-state index is -0.966. The van der Waals surface area contributed by atoms with Gasteiger partial charge in [-0.25, -0.2) is 0 Å². The van der Waals surface area contributed by atoms with E-state index in [1.54, 1.807) is 44.4 Å². The molecule has 1 amide bonds. The first-order chi connectivity index (χ1) is 9.96. The molecule has 1 aromatic carbocycles. The van der Waals surface area contributed by atoms with Crippen molar-refractivity contribution < 1.29 is 14.7 Å². The number of aromatic nitrogens is 2. The van der Waals surface area contributed by atoms with Crippen LogP contribution >= 0.6 is 0 Å². The fourth-order valence-corrected chi connectivity index (χ4v) is 1.83. The topological polar surface area (TPSA) is 92.2 Å². The summed E-state index contributed by atoms with van der Waals surface area (Å²) in [5.74, 6) is -1.24. The van der Waals surface area contributed by atoms with Gasteiger partial charge in [0.05, 0.1) is 16.4 Å². The largest absolute Gasteiger partial charge is 0.481 e. The lowest BCUT2D eigenvalue weighted by Gasteiger charge is -2.23. The van der Waals surface area contributed by atoms with Crippen LogP contribution in [0, 0.1) is 5.41 Å². The van der Waals surface area contributed by atoms with Crippen molar-refractivity contribution >= 4 is 22.9 Å². The summed E-state index contributed by atoms with van der Waals surface area (Å²) in [6, 6.07) is 5.01. The summed E-state index contributed by atoms with van der Waals surface area (Å²) in [6.07, 6.45) is 3.58. The van der Waals surface area contributed by atoms with Crippen LogP contribution in [0.2, 0.25) is 0 Å². The molecule has 0 saturated heterocycles. The number of hydrogen-bond acceptors (Lipinski definition) is 4. The molecular weight excluding hydrogens is 270 g/mol. The zero-order valence-electron chi connectivity index (χ0n) is 12.0. The van der Waals surface area contributed by atoms with E-state index in [9.17, 15) is 14.7 Å². The molecule has 2 rings (SSSR count). The van der Waals surface area contributed by atoms with Crippen LogP contribution in [0.3, 0.4) is 0 Å². The molecule has 1 unspecified atom stereocenters. The maximum absolute atomic E-state index is 12.1. The SMILES string of the molecule is CCC(C)(CNC(=O)c1ccc2nccnc2c1)C(=O)O. The summed E-state index contributed by atoms with van der Waals surface area (Å²) >= 11 is 0. The molecule has 110 valence electrons. The summed E-state index contributed by atoms with van der Waals surface area (Å²) in [5.41, 5.74) is 0.804. The number of nitrogens with zero attached hydrogens (tertiary/aromatic N) is 2. The van der Waals surface area contributed by atoms with Gasteiger partial charge in [0.2, 0.25) is 0 Å². The van der Waals surface area contributed by atoms with Gasteiger partial charge in [0.25, 0.3) is 5.91 Å². The summed E-state index contributed by atoms with van der Waals surface area (Å²) in [5, 5.41) is 11.9. The highest BCUT2D eigenvalue weighted by atomic mass is 16.4. The highest BCUT2D eigenvalue weighted by Crippen LogP contribution is 2.20. The predicted molar refractivity (Wildman–Crippen MR) is 77.9 cm³/mol. The van der Waals surface area contributed by atoms with E-state index in [4.69, 9.17) is 0 Å². The number of aliphatic carboxylic acids is 1. The molecule has 0 fully saturated rings. The number of amides is 1. The van der Waals surface area contributed by atoms with Crippen molar-refractivity contribution in [2.75, 3.05) is 6.54 Å². The molecule has 6 heteroatoms. The number of carboxylic acids is 1. The van der Waals surface area contributed by atoms with E-state index in [0.29, 0.717) is 23.0 Å². The Kier molecular flexibility index (Phi) is 4.16. The smallest absolute Gasteiger partial charge is 0.311 e. The quantitative estimate of drug-likeness (QED) is 0.875. The minimum absolute atomic E-state index is 0.0795. The van der Waals surface area contributed by atoms with Crippen molar-refractivity contribution in [3.8, 4) is 0 Å². The Morgan fingerprint density at radius 2 is 1.90 bits per heavy atom. The van der Waals surface area contributed by atoms with Gasteiger partial charge < -0.3 is 10.4 Å². The van der Waals surface area contributed by atoms with Crippen molar-refractivity contribution in [1.82, 2.24) is 15.3 Å². The number of rotatable bonds is 5. The van der Waals surface area contributed by atoms with Crippen LogP contribution in [-0.4, -0.2) is 33.5 Å². The van der Waals surface area contributed by atoms with Gasteiger partial charge in [-0.15, -0.1) is 0 Å². The molecule has 21 heavy (non-hydrogen) atoms. The van der Waals surface area contributed by atoms with Crippen LogP contribution in [0.25, 0.3) is 11.0 Å². The van der Waals surface area contributed by atoms with Gasteiger partial charge in [0.1, 0.15) is 0 Å². The monoisotopic (exact) mass is 287 g/mol. The Balaban J connectivity index is 2.14. The second-order valence-electron chi connectivity index (χ2n) is 5.16. The lowest BCUT2D eigenvalue weighted by atomic mass is 9.87. The fourth-order valence-electron chi connectivity index (χ4n) is 1.83. The molecule has 0 radical (unpaired) electrons. The number of carbonyl (C=O) groups is 2. The second kappa shape index (κ2) is 5.87. The zero-order chi connectivity index (χ0) is 15.5. The molecule has 0 aliphatic heterocycles. The molecular formula is C15H17N3O3. The fraction of sp³-hybridized carbons (Fsp3) is 0.333. The summed E-state index contributed by atoms with van der Waals surface area (Å²) in [7, 11) is 0. The Morgan fingerprint density at radius 1 is 1.24 bits per heavy atom. The third kappa shape index (κ3) is 3.16. The Labute approximate surface area is 122 Å². The van der Waals surface area contributed by atoms with Crippen molar-refractivity contribution in [2.24, 2.45) is 5.41 Å². The summed E-state index contributed by atoms with van der Waals surface area (Å²) in [4.78, 5) is 31.6. The molecule has 1 atom stereocenters. The summed E-state index contributed by atoms with van der Waals surface area (Å²) < 4.78 is 0. The average Bonchev–Trinajstić information content (AvgIpc) is 2.51. The van der Waals surface area contributed by atoms with Crippen LogP contribution in [0.15, 0.2) is 30.6 Å². The van der Waals surface area contributed by atoms with Crippen molar-refractivity contribution in [3.05, 3.63) is 36.2 Å². The van der Waals surface area contributed by atoms with Gasteiger partial charge in [-0.05, 0) is 31.5 Å². The van der Waals surface area contributed by atoms with E-state index in [1.807, 2.05) is 0 Å². The number of carbonyl (C=O) groups excluding carboxylic acids is 1. The lowest BCUT2D eigenvalue weighted by molar-refractivity contribution is -0.147. The molecule has 1 aromatic heterocycles. The molecule has 2 N–H and O–H groups in total. The molecule has 6 nitrogen and oxygen atoms in total. The van der Waals surface area contributed by atoms with Crippen LogP contribution < -0.4 is 5.32 Å². The standard InChI is InChI=1S/C15H17N3O3/c1-3-15(2,14(20)21)9-18-13(19)10-4-5-11-12(8-10)17-7-6-16-11/h4-8H,3,9H2,1-2H3,(H,18,19)(H,20,21). The average molecular weight is 287 g/mol. The molecule has 0 spiro atoms. The van der Waals surface area contributed by atoms with Crippen molar-refractivity contribution in [3.63, 3.8) is 0 Å². The maximum atomic E-state index is 12.1. The number of carboxylic acid groups (broad SMARTS) is 1. The number of fused-ring (bicyclic) bond motifs is 1. The number of benzene rings is 1. The number of hydrogen-bond donors (Lipinski definition) is 2. The van der Waals surface area contributed by atoms with E-state index < -0.39 is 11.4 Å². The van der Waals surface area contributed by atoms with E-state index in [-0.39, 0.29) is 12.5 Å². The first-order valence-electron chi connectivity index (χ1n) is 6.68. The predicted octanol–water partition coefficient (Wildman–Crippen LogP) is 1.86. The third-order valence-electron chi connectivity index (χ3n) is 3.67. The van der Waals surface area contributed by atoms with Gasteiger partial charge in [-0.1, -0.05) is 6.92 Å². The third-order valence-corrected chi connectivity index (χ3v) is 3.67. The molecule has 0 saturated carbocycles. The van der Waals surface area contributed by atoms with E-state index in [1.165, 1.54) is 0 Å². The van der Waals surface area contributed by atoms with Gasteiger partial charge in [0.15, 0.2) is 0 Å². The zero-order valence-corrected chi connectivity index (χ0v) is 12.0. The molecule has 0 aliphatic rings. The molecule has 0 bridgehead atoms. The summed E-state index contributed by atoms with van der Waals surface area (Å²) in [6.45, 7) is 3.48. The van der Waals surface area contributed by atoms with Gasteiger partial charge >= 0.3 is 5.97 Å². The Hall–Kier alpha value is -2.50. The van der Waals surface area contributed by atoms with Gasteiger partial charge in [-0.3, -0.25) is 19.6 Å². The van der Waals surface area contributed by atoms with Gasteiger partial charge in [-0.2, -0.15) is 0 Å². The van der Waals surface area contributed by atoms with Crippen LogP contribution in [0.5, 0.6) is 0 Å². The first-order valence-corrected chi connectivity index (χ1v) is 6.68. The maximum Gasteiger partial charge on any atom is 0.311 e. The normalized spacial score (nSPS) is 13.6. The second-order valence-corrected chi connectivity index (χ2v) is 5.16. The molecule has 0 aliphatic carbocycles. The van der Waals surface area contributed by atoms with Crippen molar-refractivity contribution in [1.29, 1.82) is 0 Å². The van der Waals surface area contributed by atoms with E-state index in [2.05, 4.69) is 15.3 Å². The number of nitrogens with one attached hydrogen (secondary N) is 1. The Bertz CT molecular complexity index is 687. The first kappa shape index (κ1) is 14.9. The molecule has 1 heterocycles.